The number of ether oxygens (including phenoxy) is 2. The predicted molar refractivity (Wildman–Crippen MR) is 136 cm³/mol. The first-order valence-corrected chi connectivity index (χ1v) is 12.7. The normalized spacial score (nSPS) is 21.8. The summed E-state index contributed by atoms with van der Waals surface area (Å²) in [5.41, 5.74) is 1.44. The Morgan fingerprint density at radius 2 is 1.92 bits per heavy atom. The van der Waals surface area contributed by atoms with Crippen LogP contribution >= 0.6 is 0 Å². The molecule has 0 spiro atoms. The number of fused-ring (bicyclic) bond motifs is 2. The second-order valence-electron chi connectivity index (χ2n) is 10.1. The van der Waals surface area contributed by atoms with E-state index in [1.807, 2.05) is 48.2 Å². The number of nitrogens with zero attached hydrogens (tertiary/aromatic N) is 1. The molecule has 36 heavy (non-hydrogen) atoms. The minimum Gasteiger partial charge on any atom is -0.497 e. The van der Waals surface area contributed by atoms with Gasteiger partial charge in [0, 0.05) is 30.5 Å². The molecule has 1 aliphatic heterocycles. The van der Waals surface area contributed by atoms with Gasteiger partial charge in [-0.25, -0.2) is 4.79 Å². The van der Waals surface area contributed by atoms with Gasteiger partial charge < -0.3 is 23.9 Å². The summed E-state index contributed by atoms with van der Waals surface area (Å²) in [5, 5.41) is 11.7. The van der Waals surface area contributed by atoms with Crippen LogP contribution in [0.25, 0.3) is 11.0 Å². The molecule has 2 fully saturated rings. The first-order valence-electron chi connectivity index (χ1n) is 12.7. The fourth-order valence-electron chi connectivity index (χ4n) is 5.62. The van der Waals surface area contributed by atoms with Crippen molar-refractivity contribution in [3.05, 3.63) is 69.6 Å². The number of hydrogen-bond acceptors (Lipinski definition) is 6. The van der Waals surface area contributed by atoms with Crippen molar-refractivity contribution in [2.24, 2.45) is 5.92 Å². The summed E-state index contributed by atoms with van der Waals surface area (Å²) in [4.78, 5) is 27.8. The Morgan fingerprint density at radius 3 is 2.69 bits per heavy atom. The second kappa shape index (κ2) is 9.97. The van der Waals surface area contributed by atoms with E-state index in [1.54, 1.807) is 13.2 Å². The number of carbonyl (C=O) groups excluding carboxylic acids is 1. The molecule has 7 nitrogen and oxygen atoms in total. The summed E-state index contributed by atoms with van der Waals surface area (Å²) in [6.45, 7) is 3.31. The summed E-state index contributed by atoms with van der Waals surface area (Å²) < 4.78 is 16.7. The maximum absolute atomic E-state index is 13.1. The van der Waals surface area contributed by atoms with Gasteiger partial charge in [-0.3, -0.25) is 4.79 Å². The van der Waals surface area contributed by atoms with E-state index in [0.29, 0.717) is 43.0 Å². The molecule has 2 atom stereocenters. The molecule has 0 unspecified atom stereocenters. The van der Waals surface area contributed by atoms with Crippen molar-refractivity contribution < 1.29 is 23.8 Å². The number of aryl methyl sites for hydroxylation is 1. The third-order valence-electron chi connectivity index (χ3n) is 7.93. The average molecular weight is 492 g/mol. The van der Waals surface area contributed by atoms with Crippen molar-refractivity contribution in [2.45, 2.75) is 57.7 Å². The van der Waals surface area contributed by atoms with E-state index >= 15 is 0 Å². The fourth-order valence-corrected chi connectivity index (χ4v) is 5.62. The van der Waals surface area contributed by atoms with Gasteiger partial charge in [0.05, 0.1) is 24.7 Å². The Kier molecular flexibility index (Phi) is 6.75. The van der Waals surface area contributed by atoms with Gasteiger partial charge in [0.15, 0.2) is 0 Å². The lowest BCUT2D eigenvalue weighted by Crippen LogP contribution is -2.55. The van der Waals surface area contributed by atoms with Gasteiger partial charge >= 0.3 is 5.63 Å². The van der Waals surface area contributed by atoms with Crippen LogP contribution < -0.4 is 15.1 Å². The standard InChI is InChI=1S/C29H33NO6/c1-19-24-11-10-23(35-18-20-6-8-22(34-2)9-7-20)15-26(24)36-28(32)25(19)16-27(31)30-14-13-29(33)12-4-3-5-21(29)17-30/h6-11,15,21,33H,3-5,12-14,16-18H2,1-2H3/t21-,29+/m0/s1. The number of carbonyl (C=O) groups is 1. The molecule has 2 aliphatic rings. The fraction of sp³-hybridized carbons (Fsp3) is 0.448. The van der Waals surface area contributed by atoms with Crippen LogP contribution in [0.3, 0.4) is 0 Å². The van der Waals surface area contributed by atoms with E-state index in [2.05, 4.69) is 0 Å². The topological polar surface area (TPSA) is 89.2 Å². The molecule has 1 aromatic heterocycles. The van der Waals surface area contributed by atoms with Crippen molar-refractivity contribution in [3.8, 4) is 11.5 Å². The van der Waals surface area contributed by atoms with Gasteiger partial charge in [-0.1, -0.05) is 25.0 Å². The number of likely N-dealkylation sites (tertiary alicyclic amines) is 1. The van der Waals surface area contributed by atoms with E-state index in [4.69, 9.17) is 13.9 Å². The predicted octanol–water partition coefficient (Wildman–Crippen LogP) is 4.39. The molecule has 1 saturated carbocycles. The Labute approximate surface area is 210 Å². The first-order chi connectivity index (χ1) is 17.4. The smallest absolute Gasteiger partial charge is 0.340 e. The van der Waals surface area contributed by atoms with E-state index < -0.39 is 11.2 Å². The summed E-state index contributed by atoms with van der Waals surface area (Å²) in [6, 6.07) is 13.1. The average Bonchev–Trinajstić information content (AvgIpc) is 2.89. The van der Waals surface area contributed by atoms with Gasteiger partial charge in [-0.05, 0) is 61.6 Å². The molecule has 2 heterocycles. The summed E-state index contributed by atoms with van der Waals surface area (Å²) in [5.74, 6) is 1.41. The minimum absolute atomic E-state index is 0.00494. The Morgan fingerprint density at radius 1 is 1.14 bits per heavy atom. The Hall–Kier alpha value is -3.32. The monoisotopic (exact) mass is 491 g/mol. The number of hydrogen-bond donors (Lipinski definition) is 1. The van der Waals surface area contributed by atoms with Crippen molar-refractivity contribution in [1.29, 1.82) is 0 Å². The molecular formula is C29H33NO6. The number of rotatable bonds is 6. The van der Waals surface area contributed by atoms with E-state index in [1.165, 1.54) is 0 Å². The molecule has 5 rings (SSSR count). The first kappa shape index (κ1) is 24.4. The van der Waals surface area contributed by atoms with Crippen LogP contribution in [0.15, 0.2) is 51.7 Å². The molecule has 0 bridgehead atoms. The summed E-state index contributed by atoms with van der Waals surface area (Å²) in [6.07, 6.45) is 4.51. The number of benzene rings is 2. The lowest BCUT2D eigenvalue weighted by molar-refractivity contribution is -0.142. The van der Waals surface area contributed by atoms with Gasteiger partial charge in [0.1, 0.15) is 23.7 Å². The van der Waals surface area contributed by atoms with Gasteiger partial charge in [0.25, 0.3) is 0 Å². The van der Waals surface area contributed by atoms with Crippen molar-refractivity contribution in [1.82, 2.24) is 4.90 Å². The van der Waals surface area contributed by atoms with Crippen molar-refractivity contribution >= 4 is 16.9 Å². The van der Waals surface area contributed by atoms with Crippen LogP contribution in [0, 0.1) is 12.8 Å². The maximum Gasteiger partial charge on any atom is 0.340 e. The zero-order chi connectivity index (χ0) is 25.3. The lowest BCUT2D eigenvalue weighted by Gasteiger charge is -2.47. The van der Waals surface area contributed by atoms with Gasteiger partial charge in [-0.2, -0.15) is 0 Å². The summed E-state index contributed by atoms with van der Waals surface area (Å²) in [7, 11) is 1.63. The largest absolute Gasteiger partial charge is 0.497 e. The number of aliphatic hydroxyl groups is 1. The third kappa shape index (κ3) is 4.85. The van der Waals surface area contributed by atoms with E-state index in [0.717, 1.165) is 47.9 Å². The van der Waals surface area contributed by atoms with Crippen LogP contribution in [0.5, 0.6) is 11.5 Å². The van der Waals surface area contributed by atoms with Crippen molar-refractivity contribution in [3.63, 3.8) is 0 Å². The van der Waals surface area contributed by atoms with E-state index in [-0.39, 0.29) is 18.2 Å². The highest BCUT2D eigenvalue weighted by Crippen LogP contribution is 2.40. The van der Waals surface area contributed by atoms with E-state index in [9.17, 15) is 14.7 Å². The molecule has 1 aliphatic carbocycles. The van der Waals surface area contributed by atoms with Gasteiger partial charge in [0.2, 0.25) is 5.91 Å². The van der Waals surface area contributed by atoms with Gasteiger partial charge in [-0.15, -0.1) is 0 Å². The molecule has 2 aromatic carbocycles. The molecule has 3 aromatic rings. The molecule has 0 radical (unpaired) electrons. The van der Waals surface area contributed by atoms with Crippen LogP contribution in [0.2, 0.25) is 0 Å². The molecule has 1 amide bonds. The van der Waals surface area contributed by atoms with Crippen LogP contribution in [-0.4, -0.2) is 41.7 Å². The summed E-state index contributed by atoms with van der Waals surface area (Å²) >= 11 is 0. The highest BCUT2D eigenvalue weighted by molar-refractivity contribution is 5.85. The Bertz CT molecular complexity index is 1310. The highest BCUT2D eigenvalue weighted by Gasteiger charge is 2.43. The molecular weight excluding hydrogens is 458 g/mol. The van der Waals surface area contributed by atoms with Crippen LogP contribution in [-0.2, 0) is 17.8 Å². The minimum atomic E-state index is -0.639. The Balaban J connectivity index is 1.29. The van der Waals surface area contributed by atoms with Crippen molar-refractivity contribution in [2.75, 3.05) is 20.2 Å². The molecule has 7 heteroatoms. The zero-order valence-corrected chi connectivity index (χ0v) is 20.9. The third-order valence-corrected chi connectivity index (χ3v) is 7.93. The number of piperidine rings is 1. The molecule has 190 valence electrons. The SMILES string of the molecule is COc1ccc(COc2ccc3c(C)c(CC(=O)N4CC[C@]5(O)CCCC[C@H]5C4)c(=O)oc3c2)cc1. The molecule has 1 N–H and O–H groups in total. The zero-order valence-electron chi connectivity index (χ0n) is 20.9. The van der Waals surface area contributed by atoms with Crippen LogP contribution in [0.1, 0.15) is 48.8 Å². The maximum atomic E-state index is 13.1. The molecule has 1 saturated heterocycles. The number of methoxy groups -OCH3 is 1. The highest BCUT2D eigenvalue weighted by atomic mass is 16.5. The lowest BCUT2D eigenvalue weighted by atomic mass is 9.71. The quantitative estimate of drug-likeness (QED) is 0.515. The second-order valence-corrected chi connectivity index (χ2v) is 10.1. The number of amides is 1. The van der Waals surface area contributed by atoms with Crippen LogP contribution in [0.4, 0.5) is 0 Å².